The standard InChI is InChI=1S/C15H19F3N2O2S.ClH/c1-9(2)22-11-4-3-10(12(5-11)15(16,17)18)6-19-14(21)13-7-23-8-20-13;/h3-5,9,13,20H,6-8H2,1-2H3,(H,19,21);1H. The second-order valence-electron chi connectivity index (χ2n) is 5.47. The van der Waals surface area contributed by atoms with Crippen molar-refractivity contribution in [2.75, 3.05) is 11.6 Å². The molecule has 9 heteroatoms. The highest BCUT2D eigenvalue weighted by atomic mass is 35.5. The smallest absolute Gasteiger partial charge is 0.416 e. The van der Waals surface area contributed by atoms with Gasteiger partial charge in [-0.15, -0.1) is 24.2 Å². The number of ether oxygens (including phenoxy) is 1. The molecule has 4 nitrogen and oxygen atoms in total. The summed E-state index contributed by atoms with van der Waals surface area (Å²) in [7, 11) is 0. The Balaban J connectivity index is 0.00000288. The third-order valence-electron chi connectivity index (χ3n) is 3.24. The van der Waals surface area contributed by atoms with Gasteiger partial charge >= 0.3 is 6.18 Å². The summed E-state index contributed by atoms with van der Waals surface area (Å²) in [6.07, 6.45) is -4.72. The molecule has 1 saturated heterocycles. The van der Waals surface area contributed by atoms with Crippen molar-refractivity contribution in [3.8, 4) is 5.75 Å². The van der Waals surface area contributed by atoms with Crippen LogP contribution in [0.2, 0.25) is 0 Å². The van der Waals surface area contributed by atoms with E-state index in [1.807, 2.05) is 0 Å². The first-order valence-corrected chi connectivity index (χ1v) is 8.38. The molecular formula is C15H20ClF3N2O2S. The molecule has 0 spiro atoms. The van der Waals surface area contributed by atoms with Crippen molar-refractivity contribution in [2.24, 2.45) is 0 Å². The Hall–Kier alpha value is -1.12. The molecule has 1 aromatic rings. The minimum absolute atomic E-state index is 0. The second kappa shape index (κ2) is 8.82. The molecule has 0 radical (unpaired) electrons. The molecule has 2 N–H and O–H groups in total. The fourth-order valence-electron chi connectivity index (χ4n) is 2.19. The van der Waals surface area contributed by atoms with Gasteiger partial charge in [0, 0.05) is 18.2 Å². The zero-order valence-corrected chi connectivity index (χ0v) is 14.9. The molecule has 1 aliphatic heterocycles. The van der Waals surface area contributed by atoms with Gasteiger partial charge < -0.3 is 10.1 Å². The first kappa shape index (κ1) is 20.9. The van der Waals surface area contributed by atoms with Gasteiger partial charge in [-0.05, 0) is 31.5 Å². The molecule has 1 amide bonds. The number of nitrogens with one attached hydrogen (secondary N) is 2. The highest BCUT2D eigenvalue weighted by Gasteiger charge is 2.34. The fraction of sp³-hybridized carbons (Fsp3) is 0.533. The zero-order valence-electron chi connectivity index (χ0n) is 13.3. The highest BCUT2D eigenvalue weighted by Crippen LogP contribution is 2.34. The largest absolute Gasteiger partial charge is 0.491 e. The Bertz CT molecular complexity index is 564. The number of rotatable bonds is 5. The van der Waals surface area contributed by atoms with E-state index in [1.165, 1.54) is 12.1 Å². The number of thioether (sulfide) groups is 1. The van der Waals surface area contributed by atoms with E-state index in [9.17, 15) is 18.0 Å². The van der Waals surface area contributed by atoms with E-state index in [2.05, 4.69) is 10.6 Å². The molecule has 1 aliphatic rings. The lowest BCUT2D eigenvalue weighted by atomic mass is 10.1. The van der Waals surface area contributed by atoms with Crippen molar-refractivity contribution in [3.05, 3.63) is 29.3 Å². The minimum atomic E-state index is -4.50. The van der Waals surface area contributed by atoms with Gasteiger partial charge in [-0.3, -0.25) is 10.1 Å². The van der Waals surface area contributed by atoms with Gasteiger partial charge in [-0.25, -0.2) is 0 Å². The molecule has 0 aromatic heterocycles. The van der Waals surface area contributed by atoms with Gasteiger partial charge in [-0.2, -0.15) is 13.2 Å². The van der Waals surface area contributed by atoms with E-state index >= 15 is 0 Å². The van der Waals surface area contributed by atoms with Crippen LogP contribution >= 0.6 is 24.2 Å². The average molecular weight is 385 g/mol. The Kier molecular flexibility index (Phi) is 7.69. The monoisotopic (exact) mass is 384 g/mol. The summed E-state index contributed by atoms with van der Waals surface area (Å²) < 4.78 is 44.9. The lowest BCUT2D eigenvalue weighted by Gasteiger charge is -2.17. The third kappa shape index (κ3) is 5.75. The van der Waals surface area contributed by atoms with Crippen molar-refractivity contribution >= 4 is 30.1 Å². The van der Waals surface area contributed by atoms with Gasteiger partial charge in [0.25, 0.3) is 0 Å². The van der Waals surface area contributed by atoms with E-state index in [4.69, 9.17) is 4.74 Å². The summed E-state index contributed by atoms with van der Waals surface area (Å²) in [5, 5.41) is 5.53. The topological polar surface area (TPSA) is 50.4 Å². The van der Waals surface area contributed by atoms with Crippen LogP contribution in [0.5, 0.6) is 5.75 Å². The molecule has 1 aromatic carbocycles. The molecule has 24 heavy (non-hydrogen) atoms. The number of hydrogen-bond acceptors (Lipinski definition) is 4. The maximum absolute atomic E-state index is 13.2. The molecule has 136 valence electrons. The van der Waals surface area contributed by atoms with Crippen molar-refractivity contribution < 1.29 is 22.7 Å². The van der Waals surface area contributed by atoms with Crippen LogP contribution < -0.4 is 15.4 Å². The lowest BCUT2D eigenvalue weighted by Crippen LogP contribution is -2.41. The Morgan fingerprint density at radius 1 is 1.46 bits per heavy atom. The summed E-state index contributed by atoms with van der Waals surface area (Å²) in [6.45, 7) is 3.32. The van der Waals surface area contributed by atoms with Crippen LogP contribution in [0, 0.1) is 0 Å². The first-order valence-electron chi connectivity index (χ1n) is 7.23. The number of benzene rings is 1. The molecule has 0 bridgehead atoms. The van der Waals surface area contributed by atoms with Crippen LogP contribution in [-0.4, -0.2) is 29.7 Å². The molecule has 0 saturated carbocycles. The third-order valence-corrected chi connectivity index (χ3v) is 4.18. The number of alkyl halides is 3. The van der Waals surface area contributed by atoms with Crippen LogP contribution in [0.3, 0.4) is 0 Å². The Morgan fingerprint density at radius 2 is 2.17 bits per heavy atom. The highest BCUT2D eigenvalue weighted by molar-refractivity contribution is 7.99. The van der Waals surface area contributed by atoms with E-state index in [0.29, 0.717) is 11.6 Å². The summed E-state index contributed by atoms with van der Waals surface area (Å²) in [6, 6.07) is 3.46. The van der Waals surface area contributed by atoms with E-state index in [1.54, 1.807) is 25.6 Å². The zero-order chi connectivity index (χ0) is 17.0. The first-order chi connectivity index (χ1) is 10.8. The maximum atomic E-state index is 13.2. The molecule has 1 heterocycles. The molecule has 2 rings (SSSR count). The lowest BCUT2D eigenvalue weighted by molar-refractivity contribution is -0.138. The predicted octanol–water partition coefficient (Wildman–Crippen LogP) is 3.19. The van der Waals surface area contributed by atoms with Crippen molar-refractivity contribution in [3.63, 3.8) is 0 Å². The molecule has 1 atom stereocenters. The van der Waals surface area contributed by atoms with E-state index in [0.717, 1.165) is 6.07 Å². The molecule has 0 aliphatic carbocycles. The van der Waals surface area contributed by atoms with Crippen LogP contribution in [0.25, 0.3) is 0 Å². The number of carbonyl (C=O) groups is 1. The molecule has 1 unspecified atom stereocenters. The average Bonchev–Trinajstić information content (AvgIpc) is 2.98. The quantitative estimate of drug-likeness (QED) is 0.818. The van der Waals surface area contributed by atoms with Gasteiger partial charge in [0.05, 0.1) is 17.7 Å². The van der Waals surface area contributed by atoms with E-state index in [-0.39, 0.29) is 48.3 Å². The van der Waals surface area contributed by atoms with Gasteiger partial charge in [-0.1, -0.05) is 6.07 Å². The van der Waals surface area contributed by atoms with E-state index < -0.39 is 11.7 Å². The number of amides is 1. The minimum Gasteiger partial charge on any atom is -0.491 e. The predicted molar refractivity (Wildman–Crippen MR) is 90.6 cm³/mol. The second-order valence-corrected chi connectivity index (χ2v) is 6.50. The Morgan fingerprint density at radius 3 is 2.71 bits per heavy atom. The summed E-state index contributed by atoms with van der Waals surface area (Å²) in [4.78, 5) is 11.9. The van der Waals surface area contributed by atoms with Crippen LogP contribution in [-0.2, 0) is 17.5 Å². The van der Waals surface area contributed by atoms with Gasteiger partial charge in [0.1, 0.15) is 5.75 Å². The summed E-state index contributed by atoms with van der Waals surface area (Å²) in [5.41, 5.74) is -0.766. The normalized spacial score (nSPS) is 17.5. The number of hydrogen-bond donors (Lipinski definition) is 2. The SMILES string of the molecule is CC(C)Oc1ccc(CNC(=O)C2CSCN2)c(C(F)(F)F)c1.Cl. The Labute approximate surface area is 149 Å². The van der Waals surface area contributed by atoms with Crippen LogP contribution in [0.15, 0.2) is 18.2 Å². The number of halogens is 4. The fourth-order valence-corrected chi connectivity index (χ4v) is 3.13. The van der Waals surface area contributed by atoms with Gasteiger partial charge in [0.2, 0.25) is 5.91 Å². The van der Waals surface area contributed by atoms with Crippen molar-refractivity contribution in [1.29, 1.82) is 0 Å². The molecule has 1 fully saturated rings. The summed E-state index contributed by atoms with van der Waals surface area (Å²) in [5.74, 6) is 1.17. The number of carbonyl (C=O) groups excluding carboxylic acids is 1. The molecular weight excluding hydrogens is 365 g/mol. The van der Waals surface area contributed by atoms with Crippen molar-refractivity contribution in [2.45, 2.75) is 38.7 Å². The van der Waals surface area contributed by atoms with Crippen molar-refractivity contribution in [1.82, 2.24) is 10.6 Å². The van der Waals surface area contributed by atoms with Crippen LogP contribution in [0.1, 0.15) is 25.0 Å². The van der Waals surface area contributed by atoms with Gasteiger partial charge in [0.15, 0.2) is 0 Å². The maximum Gasteiger partial charge on any atom is 0.416 e. The summed E-state index contributed by atoms with van der Waals surface area (Å²) >= 11 is 1.58. The van der Waals surface area contributed by atoms with Crippen LogP contribution in [0.4, 0.5) is 13.2 Å².